The summed E-state index contributed by atoms with van der Waals surface area (Å²) in [5.41, 5.74) is 7.80. The molecule has 4 aromatic rings. The van der Waals surface area contributed by atoms with Crippen LogP contribution in [-0.4, -0.2) is 32.3 Å². The van der Waals surface area contributed by atoms with Crippen LogP contribution in [0.1, 0.15) is 34.6 Å². The van der Waals surface area contributed by atoms with Gasteiger partial charge in [0.15, 0.2) is 0 Å². The lowest BCUT2D eigenvalue weighted by molar-refractivity contribution is 0.102. The third-order valence-corrected chi connectivity index (χ3v) is 5.42. The zero-order chi connectivity index (χ0) is 24.4. The first-order valence-corrected chi connectivity index (χ1v) is 10.4. The molecule has 0 saturated heterocycles. The summed E-state index contributed by atoms with van der Waals surface area (Å²) in [6.07, 6.45) is 4.78. The Morgan fingerprint density at radius 2 is 1.94 bits per heavy atom. The molecule has 0 aliphatic rings. The van der Waals surface area contributed by atoms with E-state index in [9.17, 15) is 14.0 Å². The van der Waals surface area contributed by atoms with E-state index in [1.54, 1.807) is 48.1 Å². The third-order valence-electron chi connectivity index (χ3n) is 5.42. The zero-order valence-corrected chi connectivity index (χ0v) is 18.8. The number of methoxy groups -OCH3 is 1. The van der Waals surface area contributed by atoms with E-state index in [-0.39, 0.29) is 22.8 Å². The zero-order valence-electron chi connectivity index (χ0n) is 18.8. The Kier molecular flexibility index (Phi) is 6.13. The Balaban J connectivity index is 1.64. The number of carbonyl (C=O) groups excluding carboxylic acids is 1. The van der Waals surface area contributed by atoms with Crippen LogP contribution in [0.5, 0.6) is 5.75 Å². The molecule has 1 atom stereocenters. The van der Waals surface area contributed by atoms with Crippen LogP contribution in [-0.2, 0) is 0 Å². The number of nitrogen functional groups attached to an aromatic ring is 1. The molecule has 1 amide bonds. The van der Waals surface area contributed by atoms with Gasteiger partial charge in [0, 0.05) is 11.8 Å². The van der Waals surface area contributed by atoms with Crippen LogP contribution in [0.15, 0.2) is 66.0 Å². The second-order valence-corrected chi connectivity index (χ2v) is 7.72. The number of nitrogens with zero attached hydrogens (tertiary/aromatic N) is 4. The second kappa shape index (κ2) is 9.18. The lowest BCUT2D eigenvalue weighted by Crippen LogP contribution is -2.31. The van der Waals surface area contributed by atoms with Crippen LogP contribution in [0.25, 0.3) is 5.69 Å². The summed E-state index contributed by atoms with van der Waals surface area (Å²) >= 11 is 0. The lowest BCUT2D eigenvalue weighted by atomic mass is 10.1. The van der Waals surface area contributed by atoms with Gasteiger partial charge in [0.1, 0.15) is 17.3 Å². The van der Waals surface area contributed by atoms with Crippen molar-refractivity contribution in [3.63, 3.8) is 0 Å². The molecule has 0 aliphatic heterocycles. The molecule has 10 heteroatoms. The first-order valence-electron chi connectivity index (χ1n) is 10.4. The van der Waals surface area contributed by atoms with Crippen LogP contribution in [0.2, 0.25) is 0 Å². The quantitative estimate of drug-likeness (QED) is 0.454. The van der Waals surface area contributed by atoms with Gasteiger partial charge in [-0.15, -0.1) is 0 Å². The van der Waals surface area contributed by atoms with Gasteiger partial charge >= 0.3 is 0 Å². The molecule has 0 bridgehead atoms. The van der Waals surface area contributed by atoms with E-state index in [0.717, 1.165) is 5.69 Å². The maximum atomic E-state index is 13.3. The summed E-state index contributed by atoms with van der Waals surface area (Å²) in [6, 6.07) is 10.1. The Labute approximate surface area is 194 Å². The SMILES string of the molecule is COc1cc(C(=O)Nc2c(N)cnn(C(C)c3ccc(F)cc3)c2=O)ccc1-n1cnc(C)c1. The third kappa shape index (κ3) is 4.38. The highest BCUT2D eigenvalue weighted by molar-refractivity contribution is 6.06. The van der Waals surface area contributed by atoms with Gasteiger partial charge in [0.25, 0.3) is 11.5 Å². The average Bonchev–Trinajstić information content (AvgIpc) is 3.27. The molecule has 0 radical (unpaired) electrons. The van der Waals surface area contributed by atoms with Crippen LogP contribution in [0.3, 0.4) is 0 Å². The highest BCUT2D eigenvalue weighted by Crippen LogP contribution is 2.25. The van der Waals surface area contributed by atoms with Crippen molar-refractivity contribution in [2.75, 3.05) is 18.2 Å². The van der Waals surface area contributed by atoms with E-state index < -0.39 is 17.5 Å². The van der Waals surface area contributed by atoms with Crippen molar-refractivity contribution in [3.05, 3.63) is 94.2 Å². The predicted molar refractivity (Wildman–Crippen MR) is 126 cm³/mol. The smallest absolute Gasteiger partial charge is 0.293 e. The number of rotatable bonds is 6. The van der Waals surface area contributed by atoms with Gasteiger partial charge in [0.2, 0.25) is 0 Å². The molecular formula is C24H23FN6O3. The summed E-state index contributed by atoms with van der Waals surface area (Å²) in [5.74, 6) is -0.469. The van der Waals surface area contributed by atoms with E-state index in [1.165, 1.54) is 30.1 Å². The van der Waals surface area contributed by atoms with Crippen molar-refractivity contribution >= 4 is 17.3 Å². The predicted octanol–water partition coefficient (Wildman–Crippen LogP) is 3.33. The second-order valence-electron chi connectivity index (χ2n) is 7.72. The van der Waals surface area contributed by atoms with Crippen LogP contribution in [0.4, 0.5) is 15.8 Å². The Hall–Kier alpha value is -4.47. The number of halogens is 1. The van der Waals surface area contributed by atoms with Gasteiger partial charge < -0.3 is 20.4 Å². The fourth-order valence-electron chi connectivity index (χ4n) is 3.53. The van der Waals surface area contributed by atoms with E-state index in [4.69, 9.17) is 10.5 Å². The molecule has 9 nitrogen and oxygen atoms in total. The summed E-state index contributed by atoms with van der Waals surface area (Å²) in [6.45, 7) is 3.61. The molecule has 2 aromatic carbocycles. The molecule has 0 saturated carbocycles. The van der Waals surface area contributed by atoms with E-state index in [2.05, 4.69) is 15.4 Å². The number of aryl methyl sites for hydroxylation is 1. The number of nitrogens with one attached hydrogen (secondary N) is 1. The molecule has 4 rings (SSSR count). The monoisotopic (exact) mass is 462 g/mol. The molecule has 1 unspecified atom stereocenters. The van der Waals surface area contributed by atoms with Gasteiger partial charge in [-0.3, -0.25) is 9.59 Å². The summed E-state index contributed by atoms with van der Waals surface area (Å²) in [7, 11) is 1.50. The largest absolute Gasteiger partial charge is 0.495 e. The normalized spacial score (nSPS) is 11.8. The van der Waals surface area contributed by atoms with Crippen molar-refractivity contribution in [1.29, 1.82) is 0 Å². The van der Waals surface area contributed by atoms with Gasteiger partial charge in [-0.1, -0.05) is 12.1 Å². The highest BCUT2D eigenvalue weighted by Gasteiger charge is 2.19. The summed E-state index contributed by atoms with van der Waals surface area (Å²) < 4.78 is 21.7. The number of amides is 1. The maximum absolute atomic E-state index is 13.3. The Bertz CT molecular complexity index is 1410. The molecule has 3 N–H and O–H groups in total. The minimum absolute atomic E-state index is 0.0263. The molecule has 0 spiro atoms. The number of nitrogens with two attached hydrogens (primary N) is 1. The minimum Gasteiger partial charge on any atom is -0.495 e. The molecule has 34 heavy (non-hydrogen) atoms. The average molecular weight is 462 g/mol. The number of hydrogen-bond acceptors (Lipinski definition) is 6. The number of hydrogen-bond donors (Lipinski definition) is 2. The van der Waals surface area contributed by atoms with Crippen LogP contribution < -0.4 is 21.3 Å². The van der Waals surface area contributed by atoms with E-state index >= 15 is 0 Å². The maximum Gasteiger partial charge on any atom is 0.293 e. The highest BCUT2D eigenvalue weighted by atomic mass is 19.1. The van der Waals surface area contributed by atoms with Crippen molar-refractivity contribution in [2.24, 2.45) is 0 Å². The number of anilines is 2. The van der Waals surface area contributed by atoms with Crippen LogP contribution >= 0.6 is 0 Å². The van der Waals surface area contributed by atoms with Crippen molar-refractivity contribution in [1.82, 2.24) is 19.3 Å². The number of carbonyl (C=O) groups is 1. The number of aromatic nitrogens is 4. The number of ether oxygens (including phenoxy) is 1. The van der Waals surface area contributed by atoms with Gasteiger partial charge in [-0.25, -0.2) is 14.1 Å². The molecule has 2 heterocycles. The first-order chi connectivity index (χ1) is 16.3. The van der Waals surface area contributed by atoms with Crippen molar-refractivity contribution in [3.8, 4) is 11.4 Å². The van der Waals surface area contributed by atoms with Gasteiger partial charge in [-0.2, -0.15) is 5.10 Å². The Morgan fingerprint density at radius 1 is 1.21 bits per heavy atom. The molecule has 2 aromatic heterocycles. The topological polar surface area (TPSA) is 117 Å². The van der Waals surface area contributed by atoms with Crippen molar-refractivity contribution < 1.29 is 13.9 Å². The minimum atomic E-state index is -0.581. The standard InChI is InChI=1S/C24H23FN6O3/c1-14-12-30(13-27-14)20-9-6-17(10-21(20)34-3)23(32)29-22-19(26)11-28-31(24(22)33)15(2)16-4-7-18(25)8-5-16/h4-13,15H,26H2,1-3H3,(H,29,32). The molecule has 0 fully saturated rings. The summed E-state index contributed by atoms with van der Waals surface area (Å²) in [4.78, 5) is 30.3. The number of benzene rings is 2. The molecule has 0 aliphatic carbocycles. The van der Waals surface area contributed by atoms with Gasteiger partial charge in [0.05, 0.1) is 42.7 Å². The van der Waals surface area contributed by atoms with E-state index in [1.807, 2.05) is 13.1 Å². The first kappa shape index (κ1) is 22.7. The fraction of sp³-hybridized carbons (Fsp3) is 0.167. The lowest BCUT2D eigenvalue weighted by Gasteiger charge is -2.17. The van der Waals surface area contributed by atoms with Gasteiger partial charge in [-0.05, 0) is 49.7 Å². The number of imidazole rings is 1. The summed E-state index contributed by atoms with van der Waals surface area (Å²) in [5, 5.41) is 6.69. The Morgan fingerprint density at radius 3 is 2.59 bits per heavy atom. The van der Waals surface area contributed by atoms with Crippen LogP contribution in [0, 0.1) is 12.7 Å². The molecular weight excluding hydrogens is 439 g/mol. The fourth-order valence-corrected chi connectivity index (χ4v) is 3.53. The van der Waals surface area contributed by atoms with E-state index in [0.29, 0.717) is 17.0 Å². The van der Waals surface area contributed by atoms with Crippen molar-refractivity contribution in [2.45, 2.75) is 19.9 Å². The molecule has 174 valence electrons.